The second-order valence-electron chi connectivity index (χ2n) is 4.40. The lowest BCUT2D eigenvalue weighted by molar-refractivity contribution is -0.119. The first-order valence-electron chi connectivity index (χ1n) is 6.31. The smallest absolute Gasteiger partial charge is 0.227 e. The highest BCUT2D eigenvalue weighted by molar-refractivity contribution is 5.93. The molecule has 1 aromatic rings. The largest absolute Gasteiger partial charge is 0.314 e. The molecule has 18 heavy (non-hydrogen) atoms. The molecule has 1 aromatic heterocycles. The number of nitrogens with one attached hydrogen (secondary N) is 1. The van der Waals surface area contributed by atoms with Crippen LogP contribution < -0.4 is 10.2 Å². The second-order valence-corrected chi connectivity index (χ2v) is 4.40. The summed E-state index contributed by atoms with van der Waals surface area (Å²) in [5.41, 5.74) is 0.680. The summed E-state index contributed by atoms with van der Waals surface area (Å²) in [6.07, 6.45) is 3.22. The van der Waals surface area contributed by atoms with Gasteiger partial charge in [-0.15, -0.1) is 0 Å². The number of halogens is 1. The molecule has 98 valence electrons. The maximum atomic E-state index is 14.0. The van der Waals surface area contributed by atoms with Gasteiger partial charge in [0.2, 0.25) is 5.91 Å². The highest BCUT2D eigenvalue weighted by Crippen LogP contribution is 2.23. The molecule has 5 heteroatoms. The summed E-state index contributed by atoms with van der Waals surface area (Å²) in [7, 11) is 0. The Labute approximate surface area is 106 Å². The first-order valence-corrected chi connectivity index (χ1v) is 6.31. The molecule has 0 aromatic carbocycles. The summed E-state index contributed by atoms with van der Waals surface area (Å²) in [4.78, 5) is 17.6. The quantitative estimate of drug-likeness (QED) is 0.886. The Bertz CT molecular complexity index is 398. The molecule has 1 saturated heterocycles. The summed E-state index contributed by atoms with van der Waals surface area (Å²) in [5.74, 6) is -0.0578. The molecule has 1 aliphatic heterocycles. The molecule has 0 spiro atoms. The zero-order valence-electron chi connectivity index (χ0n) is 10.5. The van der Waals surface area contributed by atoms with Crippen LogP contribution >= 0.6 is 0 Å². The Hall–Kier alpha value is -1.49. The number of carbonyl (C=O) groups is 1. The zero-order chi connectivity index (χ0) is 13.0. The highest BCUT2D eigenvalue weighted by Gasteiger charge is 2.33. The number of aromatic nitrogens is 1. The van der Waals surface area contributed by atoms with Gasteiger partial charge in [-0.1, -0.05) is 6.92 Å². The molecule has 0 saturated carbocycles. The van der Waals surface area contributed by atoms with Crippen molar-refractivity contribution in [3.63, 3.8) is 0 Å². The molecule has 2 heterocycles. The molecule has 0 aliphatic carbocycles. The lowest BCUT2D eigenvalue weighted by Crippen LogP contribution is -2.53. The van der Waals surface area contributed by atoms with Crippen LogP contribution in [0.25, 0.3) is 0 Å². The second kappa shape index (κ2) is 5.91. The van der Waals surface area contributed by atoms with Crippen molar-refractivity contribution in [1.29, 1.82) is 0 Å². The predicted molar refractivity (Wildman–Crippen MR) is 68.2 cm³/mol. The van der Waals surface area contributed by atoms with E-state index in [1.807, 2.05) is 0 Å². The maximum absolute atomic E-state index is 14.0. The van der Waals surface area contributed by atoms with Crippen molar-refractivity contribution in [1.82, 2.24) is 10.3 Å². The molecular weight excluding hydrogens is 233 g/mol. The van der Waals surface area contributed by atoms with Gasteiger partial charge >= 0.3 is 0 Å². The molecule has 1 aliphatic rings. The molecule has 0 bridgehead atoms. The summed E-state index contributed by atoms with van der Waals surface area (Å²) < 4.78 is 14.0. The Morgan fingerprint density at radius 2 is 2.50 bits per heavy atom. The zero-order valence-corrected chi connectivity index (χ0v) is 10.5. The van der Waals surface area contributed by atoms with Crippen LogP contribution in [-0.2, 0) is 4.79 Å². The minimum absolute atomic E-state index is 0.0578. The Morgan fingerprint density at radius 1 is 1.67 bits per heavy atom. The average Bonchev–Trinajstić information content (AvgIpc) is 2.42. The number of rotatable bonds is 3. The predicted octanol–water partition coefficient (Wildman–Crippen LogP) is 1.52. The minimum atomic E-state index is -1.03. The Morgan fingerprint density at radius 3 is 3.11 bits per heavy atom. The Balaban J connectivity index is 2.27. The van der Waals surface area contributed by atoms with Gasteiger partial charge in [0.05, 0.1) is 17.9 Å². The van der Waals surface area contributed by atoms with Crippen molar-refractivity contribution >= 4 is 11.6 Å². The van der Waals surface area contributed by atoms with Crippen LogP contribution in [-0.4, -0.2) is 36.2 Å². The number of pyridine rings is 1. The monoisotopic (exact) mass is 251 g/mol. The third kappa shape index (κ3) is 2.67. The van der Waals surface area contributed by atoms with E-state index >= 15 is 0 Å². The van der Waals surface area contributed by atoms with Gasteiger partial charge in [0, 0.05) is 19.2 Å². The van der Waals surface area contributed by atoms with Crippen molar-refractivity contribution < 1.29 is 9.18 Å². The topological polar surface area (TPSA) is 45.2 Å². The van der Waals surface area contributed by atoms with Gasteiger partial charge < -0.3 is 10.2 Å². The SMILES string of the molecule is CCC(=O)N(c1cccnc1)[C@H]1CCNC[C@H]1F. The van der Waals surface area contributed by atoms with Crippen LogP contribution in [0, 0.1) is 0 Å². The molecule has 1 fully saturated rings. The fourth-order valence-electron chi connectivity index (χ4n) is 2.28. The lowest BCUT2D eigenvalue weighted by atomic mass is 10.0. The van der Waals surface area contributed by atoms with E-state index < -0.39 is 6.17 Å². The van der Waals surface area contributed by atoms with Gasteiger partial charge in [0.25, 0.3) is 0 Å². The van der Waals surface area contributed by atoms with E-state index in [9.17, 15) is 9.18 Å². The van der Waals surface area contributed by atoms with Crippen molar-refractivity contribution in [3.8, 4) is 0 Å². The van der Waals surface area contributed by atoms with Gasteiger partial charge in [-0.05, 0) is 25.1 Å². The first kappa shape index (κ1) is 13.0. The molecule has 0 unspecified atom stereocenters. The van der Waals surface area contributed by atoms with Gasteiger partial charge in [0.1, 0.15) is 6.17 Å². The van der Waals surface area contributed by atoms with Crippen LogP contribution in [0.1, 0.15) is 19.8 Å². The third-order valence-corrected chi connectivity index (χ3v) is 3.20. The van der Waals surface area contributed by atoms with E-state index in [2.05, 4.69) is 10.3 Å². The summed E-state index contributed by atoms with van der Waals surface area (Å²) >= 11 is 0. The summed E-state index contributed by atoms with van der Waals surface area (Å²) in [6, 6.07) is 3.18. The standard InChI is InChI=1S/C13H18FN3O/c1-2-13(18)17(10-4-3-6-15-8-10)12-5-7-16-9-11(12)14/h3-4,6,8,11-12,16H,2,5,7,9H2,1H3/t11-,12+/m1/s1. The van der Waals surface area contributed by atoms with Gasteiger partial charge in [-0.3, -0.25) is 9.78 Å². The molecular formula is C13H18FN3O. The van der Waals surface area contributed by atoms with Crippen LogP contribution in [0.2, 0.25) is 0 Å². The van der Waals surface area contributed by atoms with E-state index in [4.69, 9.17) is 0 Å². The van der Waals surface area contributed by atoms with Gasteiger partial charge in [-0.2, -0.15) is 0 Å². The van der Waals surface area contributed by atoms with Gasteiger partial charge in [0.15, 0.2) is 0 Å². The molecule has 4 nitrogen and oxygen atoms in total. The fraction of sp³-hybridized carbons (Fsp3) is 0.538. The molecule has 1 amide bonds. The van der Waals surface area contributed by atoms with Crippen LogP contribution in [0.15, 0.2) is 24.5 Å². The van der Waals surface area contributed by atoms with E-state index in [-0.39, 0.29) is 11.9 Å². The summed E-state index contributed by atoms with van der Waals surface area (Å²) in [6.45, 7) is 2.83. The molecule has 1 N–H and O–H groups in total. The van der Waals surface area contributed by atoms with Crippen LogP contribution in [0.5, 0.6) is 0 Å². The van der Waals surface area contributed by atoms with E-state index in [0.29, 0.717) is 25.1 Å². The van der Waals surface area contributed by atoms with Gasteiger partial charge in [-0.25, -0.2) is 4.39 Å². The number of amides is 1. The molecule has 0 radical (unpaired) electrons. The van der Waals surface area contributed by atoms with Crippen molar-refractivity contribution in [2.45, 2.75) is 32.0 Å². The van der Waals surface area contributed by atoms with E-state index in [1.165, 1.54) is 0 Å². The Kier molecular flexibility index (Phi) is 4.25. The number of hydrogen-bond donors (Lipinski definition) is 1. The average molecular weight is 251 g/mol. The van der Waals surface area contributed by atoms with Crippen LogP contribution in [0.4, 0.5) is 10.1 Å². The number of piperidine rings is 1. The maximum Gasteiger partial charge on any atom is 0.227 e. The van der Waals surface area contributed by atoms with Crippen LogP contribution in [0.3, 0.4) is 0 Å². The molecule has 2 atom stereocenters. The number of nitrogens with zero attached hydrogens (tertiary/aromatic N) is 2. The molecule has 2 rings (SSSR count). The normalized spacial score (nSPS) is 23.7. The first-order chi connectivity index (χ1) is 8.74. The van der Waals surface area contributed by atoms with Crippen molar-refractivity contribution in [2.75, 3.05) is 18.0 Å². The fourth-order valence-corrected chi connectivity index (χ4v) is 2.28. The minimum Gasteiger partial charge on any atom is -0.314 e. The van der Waals surface area contributed by atoms with E-state index in [1.54, 1.807) is 36.4 Å². The number of alkyl halides is 1. The third-order valence-electron chi connectivity index (χ3n) is 3.20. The highest BCUT2D eigenvalue weighted by atomic mass is 19.1. The lowest BCUT2D eigenvalue weighted by Gasteiger charge is -2.36. The van der Waals surface area contributed by atoms with Crippen molar-refractivity contribution in [3.05, 3.63) is 24.5 Å². The van der Waals surface area contributed by atoms with Crippen molar-refractivity contribution in [2.24, 2.45) is 0 Å². The summed E-state index contributed by atoms with van der Waals surface area (Å²) in [5, 5.41) is 3.00. The van der Waals surface area contributed by atoms with E-state index in [0.717, 1.165) is 6.54 Å². The number of carbonyl (C=O) groups excluding carboxylic acids is 1. The number of anilines is 1. The number of hydrogen-bond acceptors (Lipinski definition) is 3.